The maximum absolute atomic E-state index is 6.07. The highest BCUT2D eigenvalue weighted by atomic mass is 16.5. The first-order valence-electron chi connectivity index (χ1n) is 6.39. The fourth-order valence-electron chi connectivity index (χ4n) is 2.87. The number of ether oxygens (including phenoxy) is 1. The molecule has 0 unspecified atom stereocenters. The minimum atomic E-state index is -0.123. The predicted molar refractivity (Wildman–Crippen MR) is 73.2 cm³/mol. The molecule has 100 valence electrons. The summed E-state index contributed by atoms with van der Waals surface area (Å²) < 4.78 is 6.07. The van der Waals surface area contributed by atoms with E-state index >= 15 is 0 Å². The number of nitrogen functional groups attached to an aromatic ring is 1. The van der Waals surface area contributed by atoms with Gasteiger partial charge in [0.15, 0.2) is 0 Å². The van der Waals surface area contributed by atoms with E-state index in [0.717, 1.165) is 31.0 Å². The largest absolute Gasteiger partial charge is 0.399 e. The van der Waals surface area contributed by atoms with Crippen molar-refractivity contribution in [3.05, 3.63) is 24.0 Å². The fraction of sp³-hybridized carbons (Fsp3) is 0.643. The molecular weight excluding hydrogens is 226 g/mol. The number of hydrogen-bond donors (Lipinski definition) is 1. The molecule has 2 heterocycles. The lowest BCUT2D eigenvalue weighted by Gasteiger charge is -2.47. The molecule has 0 saturated carbocycles. The van der Waals surface area contributed by atoms with Crippen LogP contribution in [0.1, 0.15) is 33.4 Å². The summed E-state index contributed by atoms with van der Waals surface area (Å²) in [6, 6.07) is 3.76. The number of nitrogens with two attached hydrogens (primary N) is 1. The molecule has 0 radical (unpaired) electrons. The van der Waals surface area contributed by atoms with Crippen LogP contribution < -0.4 is 5.73 Å². The van der Waals surface area contributed by atoms with Gasteiger partial charge in [0.1, 0.15) is 0 Å². The number of aromatic nitrogens is 1. The van der Waals surface area contributed by atoms with Gasteiger partial charge in [-0.05, 0) is 39.8 Å². The molecule has 1 aromatic rings. The summed E-state index contributed by atoms with van der Waals surface area (Å²) in [5.74, 6) is 0. The van der Waals surface area contributed by atoms with E-state index in [9.17, 15) is 0 Å². The summed E-state index contributed by atoms with van der Waals surface area (Å²) >= 11 is 0. The Bertz CT molecular complexity index is 413. The normalized spacial score (nSPS) is 22.9. The van der Waals surface area contributed by atoms with Gasteiger partial charge in [0.25, 0.3) is 0 Å². The van der Waals surface area contributed by atoms with Crippen LogP contribution in [0.25, 0.3) is 0 Å². The number of nitrogens with zero attached hydrogens (tertiary/aromatic N) is 2. The first-order chi connectivity index (χ1) is 8.26. The molecule has 4 heteroatoms. The zero-order valence-electron chi connectivity index (χ0n) is 11.7. The molecule has 2 rings (SSSR count). The van der Waals surface area contributed by atoms with Gasteiger partial charge in [-0.3, -0.25) is 9.88 Å². The highest BCUT2D eigenvalue weighted by Crippen LogP contribution is 2.28. The van der Waals surface area contributed by atoms with Gasteiger partial charge in [0.2, 0.25) is 0 Å². The van der Waals surface area contributed by atoms with Crippen LogP contribution in [0.4, 0.5) is 5.69 Å². The molecule has 0 amide bonds. The topological polar surface area (TPSA) is 51.4 Å². The lowest BCUT2D eigenvalue weighted by Crippen LogP contribution is -2.56. The molecule has 0 spiro atoms. The SMILES string of the molecule is CC1(C)CN(Cc2cc(N)ccn2)CC(C)(C)O1. The minimum absolute atomic E-state index is 0.123. The van der Waals surface area contributed by atoms with Crippen molar-refractivity contribution in [2.75, 3.05) is 18.8 Å². The summed E-state index contributed by atoms with van der Waals surface area (Å²) in [5, 5.41) is 0. The van der Waals surface area contributed by atoms with E-state index in [1.165, 1.54) is 0 Å². The Balaban J connectivity index is 2.09. The van der Waals surface area contributed by atoms with Gasteiger partial charge >= 0.3 is 0 Å². The third-order valence-electron chi connectivity index (χ3n) is 2.99. The second-order valence-corrected chi connectivity index (χ2v) is 6.35. The lowest BCUT2D eigenvalue weighted by molar-refractivity contribution is -0.182. The van der Waals surface area contributed by atoms with Crippen molar-refractivity contribution in [3.63, 3.8) is 0 Å². The van der Waals surface area contributed by atoms with Gasteiger partial charge < -0.3 is 10.5 Å². The van der Waals surface area contributed by atoms with Crippen molar-refractivity contribution < 1.29 is 4.74 Å². The molecule has 0 aliphatic carbocycles. The summed E-state index contributed by atoms with van der Waals surface area (Å²) in [6.45, 7) is 11.2. The molecule has 1 aliphatic rings. The van der Waals surface area contributed by atoms with Crippen LogP contribution >= 0.6 is 0 Å². The summed E-state index contributed by atoms with van der Waals surface area (Å²) in [7, 11) is 0. The van der Waals surface area contributed by atoms with Crippen LogP contribution in [0, 0.1) is 0 Å². The first-order valence-corrected chi connectivity index (χ1v) is 6.39. The zero-order chi connectivity index (χ0) is 13.4. The first kappa shape index (κ1) is 13.3. The van der Waals surface area contributed by atoms with E-state index in [4.69, 9.17) is 10.5 Å². The minimum Gasteiger partial charge on any atom is -0.399 e. The van der Waals surface area contributed by atoms with Crippen molar-refractivity contribution in [1.29, 1.82) is 0 Å². The number of anilines is 1. The molecule has 0 bridgehead atoms. The Morgan fingerprint density at radius 3 is 2.44 bits per heavy atom. The Morgan fingerprint density at radius 1 is 1.28 bits per heavy atom. The second kappa shape index (κ2) is 4.52. The van der Waals surface area contributed by atoms with Crippen LogP contribution in [0.5, 0.6) is 0 Å². The standard InChI is InChI=1S/C14H23N3O/c1-13(2)9-17(10-14(3,4)18-13)8-12-7-11(15)5-6-16-12/h5-7H,8-10H2,1-4H3,(H2,15,16). The average Bonchev–Trinajstić information content (AvgIpc) is 2.11. The van der Waals surface area contributed by atoms with Crippen LogP contribution in [0.15, 0.2) is 18.3 Å². The summed E-state index contributed by atoms with van der Waals surface area (Å²) in [5.41, 5.74) is 7.33. The van der Waals surface area contributed by atoms with Crippen molar-refractivity contribution in [3.8, 4) is 0 Å². The average molecular weight is 249 g/mol. The van der Waals surface area contributed by atoms with Crippen LogP contribution in [0.3, 0.4) is 0 Å². The second-order valence-electron chi connectivity index (χ2n) is 6.35. The maximum Gasteiger partial charge on any atom is 0.0760 e. The molecule has 1 fully saturated rings. The van der Waals surface area contributed by atoms with E-state index in [-0.39, 0.29) is 11.2 Å². The van der Waals surface area contributed by atoms with Gasteiger partial charge in [0.05, 0.1) is 16.9 Å². The van der Waals surface area contributed by atoms with Gasteiger partial charge in [0, 0.05) is 31.5 Å². The van der Waals surface area contributed by atoms with E-state index in [0.29, 0.717) is 0 Å². The Hall–Kier alpha value is -1.13. The molecule has 4 nitrogen and oxygen atoms in total. The van der Waals surface area contributed by atoms with Gasteiger partial charge in [-0.25, -0.2) is 0 Å². The highest BCUT2D eigenvalue weighted by molar-refractivity contribution is 5.37. The maximum atomic E-state index is 6.07. The van der Waals surface area contributed by atoms with Crippen molar-refractivity contribution in [1.82, 2.24) is 9.88 Å². The molecule has 2 N–H and O–H groups in total. The van der Waals surface area contributed by atoms with Gasteiger partial charge in [-0.2, -0.15) is 0 Å². The van der Waals surface area contributed by atoms with Crippen molar-refractivity contribution in [2.45, 2.75) is 45.4 Å². The van der Waals surface area contributed by atoms with Crippen molar-refractivity contribution in [2.24, 2.45) is 0 Å². The fourth-order valence-corrected chi connectivity index (χ4v) is 2.87. The van der Waals surface area contributed by atoms with Gasteiger partial charge in [-0.1, -0.05) is 0 Å². The van der Waals surface area contributed by atoms with E-state index in [1.54, 1.807) is 6.20 Å². The molecule has 0 aromatic carbocycles. The molecule has 1 aliphatic heterocycles. The monoisotopic (exact) mass is 249 g/mol. The van der Waals surface area contributed by atoms with Crippen LogP contribution in [-0.4, -0.2) is 34.2 Å². The summed E-state index contributed by atoms with van der Waals surface area (Å²) in [4.78, 5) is 6.75. The van der Waals surface area contributed by atoms with E-state index in [2.05, 4.69) is 37.6 Å². The smallest absolute Gasteiger partial charge is 0.0760 e. The molecule has 0 atom stereocenters. The Labute approximate surface area is 109 Å². The lowest BCUT2D eigenvalue weighted by atomic mass is 9.99. The molecular formula is C14H23N3O. The van der Waals surface area contributed by atoms with E-state index in [1.807, 2.05) is 12.1 Å². The zero-order valence-corrected chi connectivity index (χ0v) is 11.7. The van der Waals surface area contributed by atoms with Crippen LogP contribution in [0.2, 0.25) is 0 Å². The predicted octanol–water partition coefficient (Wildman–Crippen LogP) is 2.05. The quantitative estimate of drug-likeness (QED) is 0.871. The number of hydrogen-bond acceptors (Lipinski definition) is 4. The number of rotatable bonds is 2. The molecule has 1 saturated heterocycles. The van der Waals surface area contributed by atoms with E-state index < -0.39 is 0 Å². The molecule has 18 heavy (non-hydrogen) atoms. The third-order valence-corrected chi connectivity index (χ3v) is 2.99. The highest BCUT2D eigenvalue weighted by Gasteiger charge is 2.37. The Morgan fingerprint density at radius 2 is 1.89 bits per heavy atom. The third kappa shape index (κ3) is 3.43. The number of pyridine rings is 1. The number of morpholine rings is 1. The van der Waals surface area contributed by atoms with Gasteiger partial charge in [-0.15, -0.1) is 0 Å². The Kier molecular flexibility index (Phi) is 3.34. The van der Waals surface area contributed by atoms with Crippen molar-refractivity contribution >= 4 is 5.69 Å². The van der Waals surface area contributed by atoms with Crippen LogP contribution in [-0.2, 0) is 11.3 Å². The molecule has 1 aromatic heterocycles. The summed E-state index contributed by atoms with van der Waals surface area (Å²) in [6.07, 6.45) is 1.77.